The minimum Gasteiger partial charge on any atom is -0.495 e. The van der Waals surface area contributed by atoms with Crippen molar-refractivity contribution in [3.8, 4) is 5.75 Å². The van der Waals surface area contributed by atoms with Crippen LogP contribution in [0.5, 0.6) is 5.75 Å². The van der Waals surface area contributed by atoms with Gasteiger partial charge in [0.05, 0.1) is 19.3 Å². The summed E-state index contributed by atoms with van der Waals surface area (Å²) in [5, 5.41) is 3.99. The maximum Gasteiger partial charge on any atom is 0.238 e. The predicted molar refractivity (Wildman–Crippen MR) is 112 cm³/mol. The highest BCUT2D eigenvalue weighted by molar-refractivity contribution is 6.31. The van der Waals surface area contributed by atoms with E-state index in [1.807, 2.05) is 0 Å². The smallest absolute Gasteiger partial charge is 0.238 e. The van der Waals surface area contributed by atoms with Crippen LogP contribution in [0, 0.1) is 5.92 Å². The molecule has 5 nitrogen and oxygen atoms in total. The van der Waals surface area contributed by atoms with E-state index >= 15 is 0 Å². The number of hydrogen-bond acceptors (Lipinski definition) is 4. The molecular formula is C21H22Cl2N2O3. The molecule has 0 radical (unpaired) electrons. The molecule has 0 spiro atoms. The number of methoxy groups -OCH3 is 1. The number of rotatable bonds is 6. The third-order valence-corrected chi connectivity index (χ3v) is 5.38. The van der Waals surface area contributed by atoms with Crippen molar-refractivity contribution in [3.05, 3.63) is 58.1 Å². The fourth-order valence-electron chi connectivity index (χ4n) is 3.37. The van der Waals surface area contributed by atoms with Gasteiger partial charge < -0.3 is 10.1 Å². The average Bonchev–Trinajstić information content (AvgIpc) is 2.69. The average molecular weight is 421 g/mol. The molecule has 2 aromatic rings. The minimum atomic E-state index is -0.136. The number of piperidine rings is 1. The van der Waals surface area contributed by atoms with E-state index in [-0.39, 0.29) is 24.2 Å². The number of ketones is 1. The van der Waals surface area contributed by atoms with Gasteiger partial charge in [-0.1, -0.05) is 23.2 Å². The van der Waals surface area contributed by atoms with Crippen LogP contribution in [0.4, 0.5) is 5.69 Å². The number of halogens is 2. The molecule has 0 atom stereocenters. The standard InChI is InChI=1S/C21H22Cl2N2O3/c1-28-19-7-6-17(23)12-18(19)24-20(26)13-25-10-8-15(9-11-25)21(27)14-2-4-16(22)5-3-14/h2-7,12,15H,8-11,13H2,1H3,(H,24,26). The molecule has 0 unspecified atom stereocenters. The highest BCUT2D eigenvalue weighted by atomic mass is 35.5. The molecular weight excluding hydrogens is 399 g/mol. The lowest BCUT2D eigenvalue weighted by Crippen LogP contribution is -2.40. The van der Waals surface area contributed by atoms with Crippen molar-refractivity contribution in [1.29, 1.82) is 0 Å². The monoisotopic (exact) mass is 420 g/mol. The number of likely N-dealkylation sites (tertiary alicyclic amines) is 1. The van der Waals surface area contributed by atoms with Gasteiger partial charge in [0.2, 0.25) is 5.91 Å². The Morgan fingerprint density at radius 1 is 1.07 bits per heavy atom. The van der Waals surface area contributed by atoms with Crippen molar-refractivity contribution in [3.63, 3.8) is 0 Å². The Kier molecular flexibility index (Phi) is 6.94. The van der Waals surface area contributed by atoms with Crippen LogP contribution in [0.3, 0.4) is 0 Å². The van der Waals surface area contributed by atoms with Gasteiger partial charge in [0.1, 0.15) is 5.75 Å². The Morgan fingerprint density at radius 3 is 2.36 bits per heavy atom. The Morgan fingerprint density at radius 2 is 1.71 bits per heavy atom. The van der Waals surface area contributed by atoms with Crippen LogP contribution < -0.4 is 10.1 Å². The van der Waals surface area contributed by atoms with Crippen molar-refractivity contribution in [2.75, 3.05) is 32.1 Å². The number of hydrogen-bond donors (Lipinski definition) is 1. The van der Waals surface area contributed by atoms with Gasteiger partial charge in [0.25, 0.3) is 0 Å². The van der Waals surface area contributed by atoms with E-state index < -0.39 is 0 Å². The summed E-state index contributed by atoms with van der Waals surface area (Å²) in [6, 6.07) is 12.1. The van der Waals surface area contributed by atoms with E-state index in [4.69, 9.17) is 27.9 Å². The molecule has 1 amide bonds. The first-order valence-electron chi connectivity index (χ1n) is 9.12. The summed E-state index contributed by atoms with van der Waals surface area (Å²) in [4.78, 5) is 27.1. The normalized spacial score (nSPS) is 15.2. The lowest BCUT2D eigenvalue weighted by atomic mass is 9.89. The van der Waals surface area contributed by atoms with Gasteiger partial charge in [-0.2, -0.15) is 0 Å². The van der Waals surface area contributed by atoms with Gasteiger partial charge in [-0.15, -0.1) is 0 Å². The largest absolute Gasteiger partial charge is 0.495 e. The van der Waals surface area contributed by atoms with Gasteiger partial charge >= 0.3 is 0 Å². The molecule has 2 aromatic carbocycles. The topological polar surface area (TPSA) is 58.6 Å². The quantitative estimate of drug-likeness (QED) is 0.696. The number of amides is 1. The molecule has 1 N–H and O–H groups in total. The van der Waals surface area contributed by atoms with Crippen molar-refractivity contribution < 1.29 is 14.3 Å². The van der Waals surface area contributed by atoms with Gasteiger partial charge in [0, 0.05) is 21.5 Å². The number of carbonyl (C=O) groups excluding carboxylic acids is 2. The third-order valence-electron chi connectivity index (χ3n) is 4.89. The molecule has 148 valence electrons. The summed E-state index contributed by atoms with van der Waals surface area (Å²) < 4.78 is 5.25. The molecule has 1 aliphatic heterocycles. The molecule has 1 fully saturated rings. The Balaban J connectivity index is 1.51. The first kappa shape index (κ1) is 20.6. The van der Waals surface area contributed by atoms with Crippen molar-refractivity contribution in [2.45, 2.75) is 12.8 Å². The molecule has 3 rings (SSSR count). The molecule has 1 saturated heterocycles. The van der Waals surface area contributed by atoms with Crippen LogP contribution in [0.1, 0.15) is 23.2 Å². The van der Waals surface area contributed by atoms with Crippen molar-refractivity contribution >= 4 is 40.6 Å². The highest BCUT2D eigenvalue weighted by Gasteiger charge is 2.26. The van der Waals surface area contributed by atoms with Crippen molar-refractivity contribution in [2.24, 2.45) is 5.92 Å². The van der Waals surface area contributed by atoms with Crippen molar-refractivity contribution in [1.82, 2.24) is 4.90 Å². The lowest BCUT2D eigenvalue weighted by Gasteiger charge is -2.30. The van der Waals surface area contributed by atoms with Crippen LogP contribution in [0.2, 0.25) is 10.0 Å². The molecule has 1 aliphatic rings. The Bertz CT molecular complexity index is 847. The second-order valence-corrected chi connectivity index (χ2v) is 7.69. The Labute approximate surface area is 174 Å². The predicted octanol–water partition coefficient (Wildman–Crippen LogP) is 4.54. The van der Waals surface area contributed by atoms with Crippen LogP contribution in [0.15, 0.2) is 42.5 Å². The van der Waals surface area contributed by atoms with Crippen LogP contribution >= 0.6 is 23.2 Å². The summed E-state index contributed by atoms with van der Waals surface area (Å²) >= 11 is 11.9. The Hall–Kier alpha value is -2.08. The number of benzene rings is 2. The zero-order valence-electron chi connectivity index (χ0n) is 15.6. The molecule has 1 heterocycles. The second-order valence-electron chi connectivity index (χ2n) is 6.81. The summed E-state index contributed by atoms with van der Waals surface area (Å²) in [7, 11) is 1.54. The van der Waals surface area contributed by atoms with Crippen LogP contribution in [-0.4, -0.2) is 43.3 Å². The first-order chi connectivity index (χ1) is 13.5. The lowest BCUT2D eigenvalue weighted by molar-refractivity contribution is -0.117. The molecule has 0 aliphatic carbocycles. The molecule has 0 bridgehead atoms. The highest BCUT2D eigenvalue weighted by Crippen LogP contribution is 2.28. The maximum atomic E-state index is 12.6. The fraction of sp³-hybridized carbons (Fsp3) is 0.333. The van der Waals surface area contributed by atoms with Gasteiger partial charge in [-0.25, -0.2) is 0 Å². The van der Waals surface area contributed by atoms with E-state index in [0.29, 0.717) is 40.1 Å². The second kappa shape index (κ2) is 9.41. The number of nitrogens with one attached hydrogen (secondary N) is 1. The summed E-state index contributed by atoms with van der Waals surface area (Å²) in [6.45, 7) is 1.66. The number of nitrogens with zero attached hydrogens (tertiary/aromatic N) is 1. The van der Waals surface area contributed by atoms with E-state index in [2.05, 4.69) is 10.2 Å². The van der Waals surface area contributed by atoms with Gasteiger partial charge in [0.15, 0.2) is 5.78 Å². The number of carbonyl (C=O) groups is 2. The molecule has 0 saturated carbocycles. The van der Waals surface area contributed by atoms with E-state index in [1.54, 1.807) is 49.6 Å². The summed E-state index contributed by atoms with van der Waals surface area (Å²) in [5.41, 5.74) is 1.24. The first-order valence-corrected chi connectivity index (χ1v) is 9.87. The maximum absolute atomic E-state index is 12.6. The van der Waals surface area contributed by atoms with Gasteiger partial charge in [-0.05, 0) is 68.4 Å². The van der Waals surface area contributed by atoms with E-state index in [1.165, 1.54) is 0 Å². The van der Waals surface area contributed by atoms with E-state index in [9.17, 15) is 9.59 Å². The summed E-state index contributed by atoms with van der Waals surface area (Å²) in [6.07, 6.45) is 1.46. The molecule has 0 aromatic heterocycles. The zero-order chi connectivity index (χ0) is 20.1. The fourth-order valence-corrected chi connectivity index (χ4v) is 3.67. The minimum absolute atomic E-state index is 0.0199. The summed E-state index contributed by atoms with van der Waals surface area (Å²) in [5.74, 6) is 0.547. The van der Waals surface area contributed by atoms with Crippen LogP contribution in [-0.2, 0) is 4.79 Å². The third kappa shape index (κ3) is 5.25. The number of Topliss-reactive ketones (excluding diaryl/α,β-unsaturated/α-hetero) is 1. The van der Waals surface area contributed by atoms with Gasteiger partial charge in [-0.3, -0.25) is 14.5 Å². The van der Waals surface area contributed by atoms with E-state index in [0.717, 1.165) is 12.8 Å². The SMILES string of the molecule is COc1ccc(Cl)cc1NC(=O)CN1CCC(C(=O)c2ccc(Cl)cc2)CC1. The number of anilines is 1. The number of ether oxygens (including phenoxy) is 1. The molecule has 7 heteroatoms. The molecule has 28 heavy (non-hydrogen) atoms. The zero-order valence-corrected chi connectivity index (χ0v) is 17.1. The van der Waals surface area contributed by atoms with Crippen LogP contribution in [0.25, 0.3) is 0 Å².